The normalized spacial score (nSPS) is 11.5. The van der Waals surface area contributed by atoms with Gasteiger partial charge < -0.3 is 5.32 Å². The fourth-order valence-electron chi connectivity index (χ4n) is 1.23. The number of nitrogens with zero attached hydrogens (tertiary/aromatic N) is 2. The fourth-order valence-corrected chi connectivity index (χ4v) is 1.23. The molecule has 0 aliphatic carbocycles. The molecular formula is C10H17N3O. The summed E-state index contributed by atoms with van der Waals surface area (Å²) < 4.78 is 1.59. The van der Waals surface area contributed by atoms with Crippen LogP contribution in [0.2, 0.25) is 0 Å². The van der Waals surface area contributed by atoms with Gasteiger partial charge in [-0.2, -0.15) is 5.10 Å². The average molecular weight is 195 g/mol. The van der Waals surface area contributed by atoms with E-state index in [2.05, 4.69) is 10.4 Å². The summed E-state index contributed by atoms with van der Waals surface area (Å²) in [7, 11) is 1.77. The smallest absolute Gasteiger partial charge is 0.269 e. The van der Waals surface area contributed by atoms with E-state index in [1.165, 1.54) is 0 Å². The molecule has 1 amide bonds. The van der Waals surface area contributed by atoms with E-state index in [1.807, 2.05) is 27.7 Å². The van der Waals surface area contributed by atoms with E-state index >= 15 is 0 Å². The Bertz CT molecular complexity index is 347. The molecule has 1 rings (SSSR count). The molecule has 1 heterocycles. The van der Waals surface area contributed by atoms with Crippen LogP contribution in [0.5, 0.6) is 0 Å². The van der Waals surface area contributed by atoms with Gasteiger partial charge in [-0.05, 0) is 33.8 Å². The van der Waals surface area contributed by atoms with Gasteiger partial charge in [0.15, 0.2) is 0 Å². The third kappa shape index (κ3) is 2.58. The lowest BCUT2D eigenvalue weighted by atomic mass is 10.1. The van der Waals surface area contributed by atoms with Gasteiger partial charge in [-0.3, -0.25) is 9.48 Å². The first-order valence-corrected chi connectivity index (χ1v) is 4.63. The van der Waals surface area contributed by atoms with Crippen molar-refractivity contribution in [2.75, 3.05) is 0 Å². The van der Waals surface area contributed by atoms with Crippen LogP contribution >= 0.6 is 0 Å². The number of amides is 1. The second-order valence-electron chi connectivity index (χ2n) is 4.50. The minimum absolute atomic E-state index is 0.0828. The van der Waals surface area contributed by atoms with Crippen molar-refractivity contribution < 1.29 is 4.79 Å². The Balaban J connectivity index is 2.85. The summed E-state index contributed by atoms with van der Waals surface area (Å²) in [5.74, 6) is -0.0828. The molecule has 1 N–H and O–H groups in total. The van der Waals surface area contributed by atoms with Gasteiger partial charge in [0, 0.05) is 12.6 Å². The molecule has 0 aromatic carbocycles. The highest BCUT2D eigenvalue weighted by Crippen LogP contribution is 2.05. The highest BCUT2D eigenvalue weighted by Gasteiger charge is 2.17. The Kier molecular flexibility index (Phi) is 2.64. The first kappa shape index (κ1) is 10.8. The summed E-state index contributed by atoms with van der Waals surface area (Å²) >= 11 is 0. The quantitative estimate of drug-likeness (QED) is 0.733. The van der Waals surface area contributed by atoms with Crippen molar-refractivity contribution in [2.24, 2.45) is 7.05 Å². The van der Waals surface area contributed by atoms with Crippen molar-refractivity contribution in [1.29, 1.82) is 0 Å². The van der Waals surface area contributed by atoms with Gasteiger partial charge in [0.25, 0.3) is 5.91 Å². The first-order chi connectivity index (χ1) is 6.29. The molecule has 0 bridgehead atoms. The number of hydrogen-bond acceptors (Lipinski definition) is 2. The van der Waals surface area contributed by atoms with Crippen molar-refractivity contribution in [1.82, 2.24) is 15.1 Å². The molecular weight excluding hydrogens is 178 g/mol. The molecule has 1 aromatic heterocycles. The van der Waals surface area contributed by atoms with E-state index in [-0.39, 0.29) is 11.4 Å². The third-order valence-electron chi connectivity index (χ3n) is 1.72. The number of aromatic nitrogens is 2. The monoisotopic (exact) mass is 195 g/mol. The number of nitrogens with one attached hydrogen (secondary N) is 1. The van der Waals surface area contributed by atoms with Crippen LogP contribution in [0.3, 0.4) is 0 Å². The Morgan fingerprint density at radius 2 is 2.07 bits per heavy atom. The highest BCUT2D eigenvalue weighted by atomic mass is 16.2. The van der Waals surface area contributed by atoms with Crippen molar-refractivity contribution in [3.05, 3.63) is 17.5 Å². The summed E-state index contributed by atoms with van der Waals surface area (Å²) in [6, 6.07) is 1.78. The van der Waals surface area contributed by atoms with Crippen LogP contribution in [0.15, 0.2) is 6.07 Å². The zero-order chi connectivity index (χ0) is 10.9. The van der Waals surface area contributed by atoms with Crippen LogP contribution in [0, 0.1) is 6.92 Å². The summed E-state index contributed by atoms with van der Waals surface area (Å²) in [5.41, 5.74) is 1.24. The van der Waals surface area contributed by atoms with Crippen LogP contribution in [-0.2, 0) is 7.05 Å². The molecule has 0 aliphatic heterocycles. The maximum atomic E-state index is 11.7. The molecule has 0 aliphatic rings. The lowest BCUT2D eigenvalue weighted by Crippen LogP contribution is -2.41. The average Bonchev–Trinajstić information content (AvgIpc) is 2.26. The number of carbonyl (C=O) groups is 1. The molecule has 0 saturated heterocycles. The van der Waals surface area contributed by atoms with Gasteiger partial charge in [-0.15, -0.1) is 0 Å². The second-order valence-corrected chi connectivity index (χ2v) is 4.50. The summed E-state index contributed by atoms with van der Waals surface area (Å²) in [6.45, 7) is 7.73. The molecule has 0 spiro atoms. The van der Waals surface area contributed by atoms with Crippen molar-refractivity contribution in [3.8, 4) is 0 Å². The standard InChI is InChI=1S/C10H17N3O/c1-7-6-8(13(5)12-7)9(14)11-10(2,3)4/h6H,1-5H3,(H,11,14). The number of rotatable bonds is 1. The molecule has 0 fully saturated rings. The molecule has 0 unspecified atom stereocenters. The molecule has 0 atom stereocenters. The predicted octanol–water partition coefficient (Wildman–Crippen LogP) is 1.26. The van der Waals surface area contributed by atoms with Gasteiger partial charge in [0.1, 0.15) is 5.69 Å². The maximum absolute atomic E-state index is 11.7. The van der Waals surface area contributed by atoms with Crippen LogP contribution in [0.4, 0.5) is 0 Å². The Hall–Kier alpha value is -1.32. The van der Waals surface area contributed by atoms with Crippen LogP contribution in [-0.4, -0.2) is 21.2 Å². The van der Waals surface area contributed by atoms with E-state index < -0.39 is 0 Å². The minimum Gasteiger partial charge on any atom is -0.346 e. The van der Waals surface area contributed by atoms with E-state index in [1.54, 1.807) is 17.8 Å². The van der Waals surface area contributed by atoms with Gasteiger partial charge >= 0.3 is 0 Å². The number of aryl methyl sites for hydroxylation is 2. The topological polar surface area (TPSA) is 46.9 Å². The molecule has 1 aromatic rings. The SMILES string of the molecule is Cc1cc(C(=O)NC(C)(C)C)n(C)n1. The van der Waals surface area contributed by atoms with Crippen LogP contribution in [0.25, 0.3) is 0 Å². The predicted molar refractivity (Wildman–Crippen MR) is 55.2 cm³/mol. The zero-order valence-electron chi connectivity index (χ0n) is 9.38. The first-order valence-electron chi connectivity index (χ1n) is 4.63. The number of carbonyl (C=O) groups excluding carboxylic acids is 1. The van der Waals surface area contributed by atoms with Crippen molar-refractivity contribution in [2.45, 2.75) is 33.2 Å². The van der Waals surface area contributed by atoms with Gasteiger partial charge in [-0.25, -0.2) is 0 Å². The van der Waals surface area contributed by atoms with E-state index in [0.717, 1.165) is 5.69 Å². The van der Waals surface area contributed by atoms with Gasteiger partial charge in [-0.1, -0.05) is 0 Å². The summed E-state index contributed by atoms with van der Waals surface area (Å²) in [5, 5.41) is 7.01. The summed E-state index contributed by atoms with van der Waals surface area (Å²) in [4.78, 5) is 11.7. The van der Waals surface area contributed by atoms with E-state index in [0.29, 0.717) is 5.69 Å². The van der Waals surface area contributed by atoms with Crippen molar-refractivity contribution >= 4 is 5.91 Å². The Morgan fingerprint density at radius 3 is 2.43 bits per heavy atom. The van der Waals surface area contributed by atoms with Gasteiger partial charge in [0.2, 0.25) is 0 Å². The second kappa shape index (κ2) is 3.44. The van der Waals surface area contributed by atoms with Crippen LogP contribution < -0.4 is 5.32 Å². The highest BCUT2D eigenvalue weighted by molar-refractivity contribution is 5.93. The minimum atomic E-state index is -0.213. The zero-order valence-corrected chi connectivity index (χ0v) is 9.38. The van der Waals surface area contributed by atoms with E-state index in [4.69, 9.17) is 0 Å². The molecule has 78 valence electrons. The Morgan fingerprint density at radius 1 is 1.50 bits per heavy atom. The fraction of sp³-hybridized carbons (Fsp3) is 0.600. The molecule has 0 saturated carbocycles. The molecule has 4 heteroatoms. The van der Waals surface area contributed by atoms with Crippen molar-refractivity contribution in [3.63, 3.8) is 0 Å². The third-order valence-corrected chi connectivity index (χ3v) is 1.72. The Labute approximate surface area is 84.3 Å². The van der Waals surface area contributed by atoms with E-state index in [9.17, 15) is 4.79 Å². The summed E-state index contributed by atoms with van der Waals surface area (Å²) in [6.07, 6.45) is 0. The van der Waals surface area contributed by atoms with Crippen LogP contribution in [0.1, 0.15) is 37.0 Å². The number of hydrogen-bond donors (Lipinski definition) is 1. The van der Waals surface area contributed by atoms with Gasteiger partial charge in [0.05, 0.1) is 5.69 Å². The maximum Gasteiger partial charge on any atom is 0.269 e. The largest absolute Gasteiger partial charge is 0.346 e. The molecule has 14 heavy (non-hydrogen) atoms. The molecule has 4 nitrogen and oxygen atoms in total. The lowest BCUT2D eigenvalue weighted by molar-refractivity contribution is 0.0910. The molecule has 0 radical (unpaired) electrons. The lowest BCUT2D eigenvalue weighted by Gasteiger charge is -2.20.